The Morgan fingerprint density at radius 1 is 0.795 bits per heavy atom. The summed E-state index contributed by atoms with van der Waals surface area (Å²) >= 11 is 0. The van der Waals surface area contributed by atoms with Gasteiger partial charge in [0, 0.05) is 30.8 Å². The molecule has 232 valence electrons. The molecule has 0 spiro atoms. The molecule has 0 amide bonds. The molecule has 0 aliphatic carbocycles. The van der Waals surface area contributed by atoms with Crippen LogP contribution in [0.1, 0.15) is 66.1 Å². The van der Waals surface area contributed by atoms with Crippen LogP contribution in [0.3, 0.4) is 0 Å². The highest BCUT2D eigenvalue weighted by Gasteiger charge is 2.24. The molecule has 4 aromatic carbocycles. The highest BCUT2D eigenvalue weighted by Crippen LogP contribution is 2.34. The van der Waals surface area contributed by atoms with Crippen LogP contribution in [0.15, 0.2) is 91.0 Å². The molecule has 44 heavy (non-hydrogen) atoms. The van der Waals surface area contributed by atoms with Gasteiger partial charge in [-0.3, -0.25) is 9.69 Å². The van der Waals surface area contributed by atoms with Gasteiger partial charge < -0.3 is 20.3 Å². The Bertz CT molecular complexity index is 1540. The molecule has 3 N–H and O–H groups in total. The molecular formula is C38H46N2O4. The van der Waals surface area contributed by atoms with Crippen LogP contribution in [-0.2, 0) is 36.5 Å². The summed E-state index contributed by atoms with van der Waals surface area (Å²) in [5, 5.41) is 9.53. The van der Waals surface area contributed by atoms with Crippen molar-refractivity contribution in [2.24, 2.45) is 5.73 Å². The lowest BCUT2D eigenvalue weighted by Crippen LogP contribution is -2.35. The van der Waals surface area contributed by atoms with Crippen molar-refractivity contribution < 1.29 is 19.4 Å². The van der Waals surface area contributed by atoms with Gasteiger partial charge in [0.1, 0.15) is 30.8 Å². The second-order valence-electron chi connectivity index (χ2n) is 12.6. The minimum Gasteiger partial charge on any atom is -0.489 e. The summed E-state index contributed by atoms with van der Waals surface area (Å²) in [7, 11) is 0. The summed E-state index contributed by atoms with van der Waals surface area (Å²) in [6, 6.07) is 30.0. The molecule has 0 unspecified atom stereocenters. The largest absolute Gasteiger partial charge is 0.489 e. The third kappa shape index (κ3) is 9.43. The van der Waals surface area contributed by atoms with Gasteiger partial charge >= 0.3 is 5.97 Å². The van der Waals surface area contributed by atoms with E-state index in [1.807, 2.05) is 36.4 Å². The number of carboxylic acids is 1. The van der Waals surface area contributed by atoms with Crippen LogP contribution in [0.25, 0.3) is 0 Å². The summed E-state index contributed by atoms with van der Waals surface area (Å²) in [6.07, 6.45) is 0.318. The number of carboxylic acid groups (broad SMARTS) is 1. The third-order valence-corrected chi connectivity index (χ3v) is 7.72. The van der Waals surface area contributed by atoms with Crippen molar-refractivity contribution in [1.29, 1.82) is 0 Å². The van der Waals surface area contributed by atoms with Crippen molar-refractivity contribution in [2.75, 3.05) is 6.54 Å². The van der Waals surface area contributed by atoms with Crippen molar-refractivity contribution in [3.8, 4) is 11.5 Å². The molecule has 4 aromatic rings. The molecular weight excluding hydrogens is 548 g/mol. The molecule has 0 heterocycles. The molecule has 0 fully saturated rings. The first-order chi connectivity index (χ1) is 21.0. The first kappa shape index (κ1) is 32.8. The fraction of sp³-hybridized carbons (Fsp3) is 0.342. The van der Waals surface area contributed by atoms with E-state index in [2.05, 4.69) is 94.1 Å². The van der Waals surface area contributed by atoms with Crippen molar-refractivity contribution >= 4 is 5.97 Å². The fourth-order valence-corrected chi connectivity index (χ4v) is 5.39. The number of hydrogen-bond donors (Lipinski definition) is 2. The number of nitrogens with zero attached hydrogens (tertiary/aromatic N) is 1. The lowest BCUT2D eigenvalue weighted by Gasteiger charge is -2.30. The topological polar surface area (TPSA) is 85.0 Å². The van der Waals surface area contributed by atoms with Crippen molar-refractivity contribution in [2.45, 2.75) is 78.8 Å². The standard InChI is InChI=1S/C38H46N2O4/c1-27-11-8-13-29(21-27)25-43-35-17-7-6-15-31(35)23-40(20-19-34(39)37(41)42)24-32-33(38(3,4)5)16-10-18-36(32)44-26-30-14-9-12-28(2)22-30/h6-18,21-22,34H,19-20,23-26,39H2,1-5H3,(H,41,42)/t34-/m0/s1. The molecule has 0 aliphatic rings. The van der Waals surface area contributed by atoms with E-state index in [9.17, 15) is 9.90 Å². The Morgan fingerprint density at radius 3 is 1.95 bits per heavy atom. The summed E-state index contributed by atoms with van der Waals surface area (Å²) < 4.78 is 12.8. The van der Waals surface area contributed by atoms with Crippen LogP contribution in [0.2, 0.25) is 0 Å². The summed E-state index contributed by atoms with van der Waals surface area (Å²) in [5.41, 5.74) is 13.8. The predicted molar refractivity (Wildman–Crippen MR) is 177 cm³/mol. The molecule has 0 saturated heterocycles. The summed E-state index contributed by atoms with van der Waals surface area (Å²) in [4.78, 5) is 13.9. The second kappa shape index (κ2) is 15.0. The molecule has 1 atom stereocenters. The zero-order valence-electron chi connectivity index (χ0n) is 26.7. The van der Waals surface area contributed by atoms with E-state index in [0.29, 0.717) is 39.3 Å². The Labute approximate surface area is 262 Å². The molecule has 0 aliphatic heterocycles. The van der Waals surface area contributed by atoms with Gasteiger partial charge in [0.15, 0.2) is 0 Å². The first-order valence-corrected chi connectivity index (χ1v) is 15.3. The average Bonchev–Trinajstić information content (AvgIpc) is 2.98. The second-order valence-corrected chi connectivity index (χ2v) is 12.6. The van der Waals surface area contributed by atoms with E-state index < -0.39 is 12.0 Å². The van der Waals surface area contributed by atoms with Gasteiger partial charge in [0.05, 0.1) is 0 Å². The minimum absolute atomic E-state index is 0.129. The van der Waals surface area contributed by atoms with Crippen LogP contribution >= 0.6 is 0 Å². The molecule has 4 rings (SSSR count). The lowest BCUT2D eigenvalue weighted by atomic mass is 9.83. The molecule has 6 nitrogen and oxygen atoms in total. The zero-order valence-corrected chi connectivity index (χ0v) is 26.7. The number of benzene rings is 4. The van der Waals surface area contributed by atoms with E-state index in [4.69, 9.17) is 15.2 Å². The number of para-hydroxylation sites is 1. The number of nitrogens with two attached hydrogens (primary N) is 1. The van der Waals surface area contributed by atoms with Gasteiger partial charge in [0.2, 0.25) is 0 Å². The zero-order chi connectivity index (χ0) is 31.7. The molecule has 0 saturated carbocycles. The van der Waals surface area contributed by atoms with E-state index in [-0.39, 0.29) is 5.41 Å². The van der Waals surface area contributed by atoms with Gasteiger partial charge in [0.25, 0.3) is 0 Å². The maximum Gasteiger partial charge on any atom is 0.320 e. The van der Waals surface area contributed by atoms with Crippen LogP contribution in [0.5, 0.6) is 11.5 Å². The average molecular weight is 595 g/mol. The number of aliphatic carboxylic acids is 1. The fourth-order valence-electron chi connectivity index (χ4n) is 5.39. The maximum atomic E-state index is 11.6. The number of ether oxygens (including phenoxy) is 2. The Balaban J connectivity index is 1.63. The van der Waals surface area contributed by atoms with Crippen LogP contribution < -0.4 is 15.2 Å². The van der Waals surface area contributed by atoms with Crippen molar-refractivity contribution in [3.05, 3.63) is 130 Å². The highest BCUT2D eigenvalue weighted by atomic mass is 16.5. The number of aryl methyl sites for hydroxylation is 2. The number of rotatable bonds is 14. The maximum absolute atomic E-state index is 11.6. The molecule has 6 heteroatoms. The quantitative estimate of drug-likeness (QED) is 0.157. The van der Waals surface area contributed by atoms with Crippen LogP contribution in [0.4, 0.5) is 0 Å². The Morgan fingerprint density at radius 2 is 1.36 bits per heavy atom. The van der Waals surface area contributed by atoms with E-state index >= 15 is 0 Å². The number of carbonyl (C=O) groups is 1. The molecule has 0 bridgehead atoms. The molecule has 0 aromatic heterocycles. The normalized spacial score (nSPS) is 12.2. The van der Waals surface area contributed by atoms with E-state index in [1.54, 1.807) is 0 Å². The van der Waals surface area contributed by atoms with Gasteiger partial charge in [-0.1, -0.05) is 111 Å². The minimum atomic E-state index is -0.996. The highest BCUT2D eigenvalue weighted by molar-refractivity contribution is 5.73. The van der Waals surface area contributed by atoms with Crippen molar-refractivity contribution in [1.82, 2.24) is 4.90 Å². The van der Waals surface area contributed by atoms with Gasteiger partial charge in [-0.25, -0.2) is 0 Å². The number of hydrogen-bond acceptors (Lipinski definition) is 5. The SMILES string of the molecule is Cc1cccc(COc2ccccc2CN(CC[C@H](N)C(=O)O)Cc2c(OCc3cccc(C)c3)cccc2C(C)(C)C)c1. The smallest absolute Gasteiger partial charge is 0.320 e. The van der Waals surface area contributed by atoms with E-state index in [1.165, 1.54) is 16.7 Å². The molecule has 0 radical (unpaired) electrons. The van der Waals surface area contributed by atoms with Gasteiger partial charge in [-0.05, 0) is 54.5 Å². The summed E-state index contributed by atoms with van der Waals surface area (Å²) in [6.45, 7) is 13.3. The monoisotopic (exact) mass is 594 g/mol. The Hall–Kier alpha value is -4.13. The van der Waals surface area contributed by atoms with Gasteiger partial charge in [-0.2, -0.15) is 0 Å². The van der Waals surface area contributed by atoms with Crippen molar-refractivity contribution in [3.63, 3.8) is 0 Å². The van der Waals surface area contributed by atoms with E-state index in [0.717, 1.165) is 33.8 Å². The lowest BCUT2D eigenvalue weighted by molar-refractivity contribution is -0.138. The first-order valence-electron chi connectivity index (χ1n) is 15.3. The Kier molecular flexibility index (Phi) is 11.2. The van der Waals surface area contributed by atoms with Crippen LogP contribution in [0, 0.1) is 13.8 Å². The van der Waals surface area contributed by atoms with Crippen LogP contribution in [-0.4, -0.2) is 28.6 Å². The predicted octanol–water partition coefficient (Wildman–Crippen LogP) is 7.56. The van der Waals surface area contributed by atoms with Gasteiger partial charge in [-0.15, -0.1) is 0 Å². The summed E-state index contributed by atoms with van der Waals surface area (Å²) in [5.74, 6) is 0.640. The third-order valence-electron chi connectivity index (χ3n) is 7.72.